The molecule has 1 aromatic carbocycles. The Kier molecular flexibility index (Phi) is 7.67. The monoisotopic (exact) mass is 329 g/mol. The molecule has 0 aliphatic rings. The second-order valence-corrected chi connectivity index (χ2v) is 4.22. The molecule has 8 heteroatoms. The zero-order valence-corrected chi connectivity index (χ0v) is 12.8. The number of rotatable bonds is 6. The first-order valence-electron chi connectivity index (χ1n) is 5.94. The lowest BCUT2D eigenvalue weighted by Crippen LogP contribution is -2.16. The minimum absolute atomic E-state index is 0. The zero-order chi connectivity index (χ0) is 15.3. The Morgan fingerprint density at radius 3 is 1.86 bits per heavy atom. The molecule has 1 atom stereocenters. The van der Waals surface area contributed by atoms with Crippen molar-refractivity contribution in [3.05, 3.63) is 17.7 Å². The summed E-state index contributed by atoms with van der Waals surface area (Å²) in [4.78, 5) is 0. The Hall–Kier alpha value is -1.34. The fourth-order valence-corrected chi connectivity index (χ4v) is 1.80. The number of ether oxygens (including phenoxy) is 3. The van der Waals surface area contributed by atoms with Crippen LogP contribution in [0.15, 0.2) is 12.1 Å². The van der Waals surface area contributed by atoms with Crippen LogP contribution in [0.25, 0.3) is 0 Å². The van der Waals surface area contributed by atoms with Crippen LogP contribution in [0.1, 0.15) is 24.4 Å². The maximum Gasteiger partial charge on any atom is 0.389 e. The third-order valence-electron chi connectivity index (χ3n) is 2.85. The zero-order valence-electron chi connectivity index (χ0n) is 12.0. The molecule has 4 nitrogen and oxygen atoms in total. The van der Waals surface area contributed by atoms with Crippen LogP contribution < -0.4 is 19.9 Å². The first-order valence-corrected chi connectivity index (χ1v) is 5.94. The van der Waals surface area contributed by atoms with Crippen LogP contribution in [-0.2, 0) is 0 Å². The Morgan fingerprint density at radius 1 is 1.05 bits per heavy atom. The fraction of sp³-hybridized carbons (Fsp3) is 0.538. The summed E-state index contributed by atoms with van der Waals surface area (Å²) in [6, 6.07) is 2.36. The van der Waals surface area contributed by atoms with Gasteiger partial charge in [0, 0.05) is 12.5 Å². The van der Waals surface area contributed by atoms with E-state index in [1.165, 1.54) is 21.3 Å². The van der Waals surface area contributed by atoms with Crippen molar-refractivity contribution in [2.75, 3.05) is 21.3 Å². The van der Waals surface area contributed by atoms with Gasteiger partial charge in [-0.3, -0.25) is 0 Å². The first-order chi connectivity index (χ1) is 9.32. The van der Waals surface area contributed by atoms with Gasteiger partial charge in [-0.2, -0.15) is 13.2 Å². The lowest BCUT2D eigenvalue weighted by molar-refractivity contribution is -0.136. The third kappa shape index (κ3) is 5.51. The average molecular weight is 330 g/mol. The molecule has 0 aliphatic heterocycles. The molecular formula is C13H19ClF3NO3. The predicted molar refractivity (Wildman–Crippen MR) is 75.6 cm³/mol. The molecule has 0 heterocycles. The van der Waals surface area contributed by atoms with Crippen LogP contribution in [0.2, 0.25) is 0 Å². The summed E-state index contributed by atoms with van der Waals surface area (Å²) in [5.74, 6) is 1.11. The molecule has 1 aromatic rings. The lowest BCUT2D eigenvalue weighted by atomic mass is 10.0. The number of hydrogen-bond donors (Lipinski definition) is 1. The van der Waals surface area contributed by atoms with Crippen molar-refractivity contribution in [1.29, 1.82) is 0 Å². The highest BCUT2D eigenvalue weighted by Gasteiger charge is 2.28. The molecule has 0 saturated carbocycles. The summed E-state index contributed by atoms with van der Waals surface area (Å²) < 4.78 is 52.0. The Morgan fingerprint density at radius 2 is 1.52 bits per heavy atom. The van der Waals surface area contributed by atoms with Gasteiger partial charge in [0.2, 0.25) is 5.75 Å². The summed E-state index contributed by atoms with van der Waals surface area (Å²) in [6.07, 6.45) is -5.37. The number of alkyl halides is 3. The van der Waals surface area contributed by atoms with Gasteiger partial charge in [-0.25, -0.2) is 0 Å². The van der Waals surface area contributed by atoms with Crippen LogP contribution >= 0.6 is 12.4 Å². The van der Waals surface area contributed by atoms with E-state index in [4.69, 9.17) is 19.9 Å². The van der Waals surface area contributed by atoms with Crippen LogP contribution in [0.3, 0.4) is 0 Å². The van der Waals surface area contributed by atoms with Crippen molar-refractivity contribution >= 4 is 12.4 Å². The molecule has 0 fully saturated rings. The van der Waals surface area contributed by atoms with Gasteiger partial charge < -0.3 is 19.9 Å². The van der Waals surface area contributed by atoms with Crippen molar-refractivity contribution in [2.24, 2.45) is 5.73 Å². The predicted octanol–water partition coefficient (Wildman–Crippen LogP) is 3.48. The summed E-state index contributed by atoms with van der Waals surface area (Å²) in [5.41, 5.74) is 6.29. The number of nitrogens with two attached hydrogens (primary N) is 1. The van der Waals surface area contributed by atoms with E-state index in [0.717, 1.165) is 0 Å². The largest absolute Gasteiger partial charge is 0.493 e. The molecule has 0 aromatic heterocycles. The minimum atomic E-state index is -4.22. The van der Waals surface area contributed by atoms with Crippen molar-refractivity contribution in [3.8, 4) is 17.2 Å². The van der Waals surface area contributed by atoms with E-state index in [0.29, 0.717) is 22.8 Å². The van der Waals surface area contributed by atoms with Crippen LogP contribution in [0, 0.1) is 0 Å². The van der Waals surface area contributed by atoms with Gasteiger partial charge in [-0.1, -0.05) is 0 Å². The van der Waals surface area contributed by atoms with E-state index < -0.39 is 18.6 Å². The highest BCUT2D eigenvalue weighted by atomic mass is 35.5. The summed E-state index contributed by atoms with van der Waals surface area (Å²) in [5, 5.41) is 0. The van der Waals surface area contributed by atoms with E-state index in [1.54, 1.807) is 12.1 Å². The molecule has 122 valence electrons. The summed E-state index contributed by atoms with van der Waals surface area (Å²) in [6.45, 7) is 0. The van der Waals surface area contributed by atoms with Gasteiger partial charge in [0.15, 0.2) is 11.5 Å². The topological polar surface area (TPSA) is 53.7 Å². The molecule has 0 aliphatic carbocycles. The van der Waals surface area contributed by atoms with Gasteiger partial charge in [0.05, 0.1) is 21.3 Å². The molecule has 0 amide bonds. The molecule has 0 spiro atoms. The Labute approximate surface area is 127 Å². The third-order valence-corrected chi connectivity index (χ3v) is 2.85. The van der Waals surface area contributed by atoms with Gasteiger partial charge in [0.1, 0.15) is 0 Å². The van der Waals surface area contributed by atoms with E-state index in [9.17, 15) is 13.2 Å². The second kappa shape index (κ2) is 8.19. The molecule has 1 rings (SSSR count). The maximum absolute atomic E-state index is 12.2. The fourth-order valence-electron chi connectivity index (χ4n) is 1.80. The van der Waals surface area contributed by atoms with Crippen molar-refractivity contribution < 1.29 is 27.4 Å². The van der Waals surface area contributed by atoms with E-state index >= 15 is 0 Å². The van der Waals surface area contributed by atoms with Gasteiger partial charge in [-0.05, 0) is 24.1 Å². The number of methoxy groups -OCH3 is 3. The normalized spacial score (nSPS) is 12.3. The van der Waals surface area contributed by atoms with Gasteiger partial charge in [-0.15, -0.1) is 12.4 Å². The Bertz CT molecular complexity index is 430. The van der Waals surface area contributed by atoms with Crippen molar-refractivity contribution in [2.45, 2.75) is 25.1 Å². The number of benzene rings is 1. The smallest absolute Gasteiger partial charge is 0.389 e. The molecule has 0 unspecified atom stereocenters. The lowest BCUT2D eigenvalue weighted by Gasteiger charge is -2.18. The standard InChI is InChI=1S/C13H18F3NO3.ClH/c1-18-10-6-8(7-11(19-2)12(10)20-3)9(17)4-5-13(14,15)16;/h6-7,9H,4-5,17H2,1-3H3;1H/t9-;/m0./s1. The van der Waals surface area contributed by atoms with E-state index in [-0.39, 0.29) is 18.8 Å². The van der Waals surface area contributed by atoms with Crippen LogP contribution in [-0.4, -0.2) is 27.5 Å². The van der Waals surface area contributed by atoms with E-state index in [2.05, 4.69) is 0 Å². The first kappa shape index (κ1) is 19.7. The molecule has 2 N–H and O–H groups in total. The molecular weight excluding hydrogens is 311 g/mol. The molecule has 0 bridgehead atoms. The number of halogens is 4. The number of hydrogen-bond acceptors (Lipinski definition) is 4. The van der Waals surface area contributed by atoms with Crippen LogP contribution in [0.4, 0.5) is 13.2 Å². The van der Waals surface area contributed by atoms with Gasteiger partial charge in [0.25, 0.3) is 0 Å². The van der Waals surface area contributed by atoms with Crippen molar-refractivity contribution in [1.82, 2.24) is 0 Å². The SMILES string of the molecule is COc1cc([C@@H](N)CCC(F)(F)F)cc(OC)c1OC.Cl. The average Bonchev–Trinajstić information content (AvgIpc) is 2.42. The quantitative estimate of drug-likeness (QED) is 0.868. The highest BCUT2D eigenvalue weighted by Crippen LogP contribution is 2.40. The summed E-state index contributed by atoms with van der Waals surface area (Å²) in [7, 11) is 4.31. The summed E-state index contributed by atoms with van der Waals surface area (Å²) >= 11 is 0. The minimum Gasteiger partial charge on any atom is -0.493 e. The molecule has 0 radical (unpaired) electrons. The second-order valence-electron chi connectivity index (χ2n) is 4.22. The van der Waals surface area contributed by atoms with Crippen LogP contribution in [0.5, 0.6) is 17.2 Å². The molecule has 0 saturated heterocycles. The molecule has 21 heavy (non-hydrogen) atoms. The maximum atomic E-state index is 12.2. The van der Waals surface area contributed by atoms with Gasteiger partial charge >= 0.3 is 6.18 Å². The van der Waals surface area contributed by atoms with Crippen molar-refractivity contribution in [3.63, 3.8) is 0 Å². The Balaban J connectivity index is 0.00000400. The highest BCUT2D eigenvalue weighted by molar-refractivity contribution is 5.85. The van der Waals surface area contributed by atoms with E-state index in [1.807, 2.05) is 0 Å².